The van der Waals surface area contributed by atoms with Crippen LogP contribution in [0.3, 0.4) is 0 Å². The van der Waals surface area contributed by atoms with Crippen LogP contribution in [0.15, 0.2) is 48.8 Å². The van der Waals surface area contributed by atoms with Gasteiger partial charge in [-0.15, -0.1) is 0 Å². The van der Waals surface area contributed by atoms with Crippen LogP contribution in [-0.4, -0.2) is 60.0 Å². The summed E-state index contributed by atoms with van der Waals surface area (Å²) in [5.41, 5.74) is 1.62. The summed E-state index contributed by atoms with van der Waals surface area (Å²) < 4.78 is 27.2. The molecule has 6 nitrogen and oxygen atoms in total. The van der Waals surface area contributed by atoms with Gasteiger partial charge in [0, 0.05) is 49.8 Å². The summed E-state index contributed by atoms with van der Waals surface area (Å²) >= 11 is 0. The van der Waals surface area contributed by atoms with Gasteiger partial charge < -0.3 is 9.47 Å². The maximum atomic E-state index is 12.6. The van der Waals surface area contributed by atoms with Crippen LogP contribution in [0.2, 0.25) is 0 Å². The summed E-state index contributed by atoms with van der Waals surface area (Å²) in [5, 5.41) is 0. The number of sulfonamides is 1. The van der Waals surface area contributed by atoms with E-state index >= 15 is 0 Å². The first-order valence-corrected chi connectivity index (χ1v) is 9.62. The van der Waals surface area contributed by atoms with Crippen molar-refractivity contribution in [2.24, 2.45) is 0 Å². The molecule has 1 aromatic carbocycles. The average Bonchev–Trinajstić information content (AvgIpc) is 3.16. The second-order valence-electron chi connectivity index (χ2n) is 5.73. The fraction of sp³-hybridized carbons (Fsp3) is 0.353. The smallest absolute Gasteiger partial charge is 0.253 e. The van der Waals surface area contributed by atoms with Crippen LogP contribution in [0.1, 0.15) is 17.3 Å². The Morgan fingerprint density at radius 3 is 2.12 bits per heavy atom. The number of hydrogen-bond donors (Lipinski definition) is 0. The number of piperazine rings is 1. The van der Waals surface area contributed by atoms with Crippen molar-refractivity contribution in [1.29, 1.82) is 0 Å². The molecule has 3 rings (SSSR count). The molecule has 1 amide bonds. The van der Waals surface area contributed by atoms with E-state index in [0.717, 1.165) is 5.69 Å². The van der Waals surface area contributed by atoms with Gasteiger partial charge in [-0.2, -0.15) is 4.31 Å². The van der Waals surface area contributed by atoms with E-state index in [1.54, 1.807) is 11.8 Å². The van der Waals surface area contributed by atoms with Gasteiger partial charge in [0.25, 0.3) is 5.91 Å². The summed E-state index contributed by atoms with van der Waals surface area (Å²) in [6.45, 7) is 3.22. The van der Waals surface area contributed by atoms with Gasteiger partial charge in [-0.05, 0) is 43.3 Å². The predicted molar refractivity (Wildman–Crippen MR) is 92.7 cm³/mol. The van der Waals surface area contributed by atoms with E-state index in [0.29, 0.717) is 31.7 Å². The van der Waals surface area contributed by atoms with Gasteiger partial charge in [-0.3, -0.25) is 4.79 Å². The average molecular weight is 347 g/mol. The molecule has 0 unspecified atom stereocenters. The zero-order chi connectivity index (χ0) is 17.2. The van der Waals surface area contributed by atoms with E-state index in [1.807, 2.05) is 53.4 Å². The monoisotopic (exact) mass is 347 g/mol. The van der Waals surface area contributed by atoms with Crippen molar-refractivity contribution in [1.82, 2.24) is 13.8 Å². The number of benzene rings is 1. The molecule has 1 saturated heterocycles. The fourth-order valence-corrected chi connectivity index (χ4v) is 3.90. The third-order valence-corrected chi connectivity index (χ3v) is 6.18. The van der Waals surface area contributed by atoms with Crippen molar-refractivity contribution in [3.63, 3.8) is 0 Å². The van der Waals surface area contributed by atoms with E-state index < -0.39 is 10.0 Å². The lowest BCUT2D eigenvalue weighted by molar-refractivity contribution is 0.0698. The molecule has 0 spiro atoms. The van der Waals surface area contributed by atoms with Gasteiger partial charge >= 0.3 is 0 Å². The summed E-state index contributed by atoms with van der Waals surface area (Å²) in [6.07, 6.45) is 3.90. The first kappa shape index (κ1) is 16.7. The molecular weight excluding hydrogens is 326 g/mol. The van der Waals surface area contributed by atoms with Crippen LogP contribution in [0.5, 0.6) is 0 Å². The molecule has 24 heavy (non-hydrogen) atoms. The Hall–Kier alpha value is -2.12. The van der Waals surface area contributed by atoms with Gasteiger partial charge in [0.1, 0.15) is 0 Å². The number of aromatic nitrogens is 1. The molecule has 0 bridgehead atoms. The Labute approximate surface area is 142 Å². The molecule has 1 aliphatic heterocycles. The van der Waals surface area contributed by atoms with Gasteiger partial charge in [-0.1, -0.05) is 0 Å². The number of carbonyl (C=O) groups is 1. The molecule has 7 heteroatoms. The maximum Gasteiger partial charge on any atom is 0.253 e. The summed E-state index contributed by atoms with van der Waals surface area (Å²) in [5.74, 6) is 0.0459. The van der Waals surface area contributed by atoms with Gasteiger partial charge in [0.15, 0.2) is 0 Å². The number of hydrogen-bond acceptors (Lipinski definition) is 3. The van der Waals surface area contributed by atoms with Gasteiger partial charge in [-0.25, -0.2) is 8.42 Å². The molecule has 0 atom stereocenters. The highest BCUT2D eigenvalue weighted by Crippen LogP contribution is 2.14. The molecule has 128 valence electrons. The van der Waals surface area contributed by atoms with Crippen LogP contribution in [0.4, 0.5) is 0 Å². The van der Waals surface area contributed by atoms with Crippen LogP contribution in [-0.2, 0) is 10.0 Å². The Kier molecular flexibility index (Phi) is 4.73. The predicted octanol–water partition coefficient (Wildman–Crippen LogP) is 1.58. The fourth-order valence-electron chi connectivity index (χ4n) is 2.82. The lowest BCUT2D eigenvalue weighted by Gasteiger charge is -2.33. The number of amides is 1. The number of rotatable bonds is 4. The van der Waals surface area contributed by atoms with E-state index in [-0.39, 0.29) is 11.7 Å². The first-order chi connectivity index (χ1) is 11.5. The summed E-state index contributed by atoms with van der Waals surface area (Å²) in [4.78, 5) is 14.3. The van der Waals surface area contributed by atoms with Crippen molar-refractivity contribution >= 4 is 15.9 Å². The van der Waals surface area contributed by atoms with Crippen LogP contribution >= 0.6 is 0 Å². The molecule has 0 aliphatic carbocycles. The highest BCUT2D eigenvalue weighted by molar-refractivity contribution is 7.89. The summed E-state index contributed by atoms with van der Waals surface area (Å²) in [7, 11) is -3.17. The maximum absolute atomic E-state index is 12.6. The second kappa shape index (κ2) is 6.78. The minimum Gasteiger partial charge on any atom is -0.336 e. The quantitative estimate of drug-likeness (QED) is 0.844. The van der Waals surface area contributed by atoms with Crippen LogP contribution in [0.25, 0.3) is 5.69 Å². The number of carbonyl (C=O) groups excluding carboxylic acids is 1. The molecule has 0 radical (unpaired) electrons. The van der Waals surface area contributed by atoms with E-state index in [1.165, 1.54) is 4.31 Å². The lowest BCUT2D eigenvalue weighted by Crippen LogP contribution is -2.50. The lowest BCUT2D eigenvalue weighted by atomic mass is 10.1. The molecule has 2 heterocycles. The zero-order valence-corrected chi connectivity index (χ0v) is 14.4. The van der Waals surface area contributed by atoms with Gasteiger partial charge in [0.2, 0.25) is 10.0 Å². The van der Waals surface area contributed by atoms with Crippen LogP contribution < -0.4 is 0 Å². The van der Waals surface area contributed by atoms with Crippen molar-refractivity contribution in [2.75, 3.05) is 31.9 Å². The third kappa shape index (κ3) is 3.37. The van der Waals surface area contributed by atoms with Gasteiger partial charge in [0.05, 0.1) is 5.75 Å². The highest BCUT2D eigenvalue weighted by Gasteiger charge is 2.27. The second-order valence-corrected chi connectivity index (χ2v) is 7.99. The molecular formula is C17H21N3O3S. The molecule has 1 aromatic heterocycles. The Morgan fingerprint density at radius 1 is 1.00 bits per heavy atom. The SMILES string of the molecule is CCS(=O)(=O)N1CCN(C(=O)c2ccc(-n3cccc3)cc2)CC1. The minimum absolute atomic E-state index is 0.0531. The molecule has 1 fully saturated rings. The highest BCUT2D eigenvalue weighted by atomic mass is 32.2. The molecule has 2 aromatic rings. The zero-order valence-electron chi connectivity index (χ0n) is 13.6. The molecule has 0 N–H and O–H groups in total. The third-order valence-electron chi connectivity index (χ3n) is 4.30. The number of nitrogens with zero attached hydrogens (tertiary/aromatic N) is 3. The minimum atomic E-state index is -3.17. The Bertz CT molecular complexity index is 790. The summed E-state index contributed by atoms with van der Waals surface area (Å²) in [6, 6.07) is 11.3. The van der Waals surface area contributed by atoms with Crippen molar-refractivity contribution in [2.45, 2.75) is 6.92 Å². The van der Waals surface area contributed by atoms with E-state index in [4.69, 9.17) is 0 Å². The first-order valence-electron chi connectivity index (χ1n) is 8.02. The van der Waals surface area contributed by atoms with Crippen molar-refractivity contribution < 1.29 is 13.2 Å². The van der Waals surface area contributed by atoms with E-state index in [2.05, 4.69) is 0 Å². The van der Waals surface area contributed by atoms with Crippen molar-refractivity contribution in [3.8, 4) is 5.69 Å². The normalized spacial score (nSPS) is 16.3. The molecule has 0 saturated carbocycles. The molecule has 1 aliphatic rings. The van der Waals surface area contributed by atoms with Crippen LogP contribution in [0, 0.1) is 0 Å². The standard InChI is InChI=1S/C17H21N3O3S/c1-2-24(22,23)20-13-11-19(12-14-20)17(21)15-5-7-16(8-6-15)18-9-3-4-10-18/h3-10H,2,11-14H2,1H3. The largest absolute Gasteiger partial charge is 0.336 e. The van der Waals surface area contributed by atoms with Crippen molar-refractivity contribution in [3.05, 3.63) is 54.4 Å². The Morgan fingerprint density at radius 2 is 1.58 bits per heavy atom. The van der Waals surface area contributed by atoms with E-state index in [9.17, 15) is 13.2 Å². The topological polar surface area (TPSA) is 62.6 Å². The Balaban J connectivity index is 1.65.